The summed E-state index contributed by atoms with van der Waals surface area (Å²) in [5.41, 5.74) is 0. The Balaban J connectivity index is 1.96. The van der Waals surface area contributed by atoms with Crippen molar-refractivity contribution in [3.05, 3.63) is 0 Å². The molecule has 1 heterocycles. The van der Waals surface area contributed by atoms with Crippen LogP contribution >= 0.6 is 0 Å². The van der Waals surface area contributed by atoms with E-state index >= 15 is 0 Å². The standard InChI is InChI=1S/C15H29N/c1-11(2)14-8-9-16(13-6-5-7-13)10-15(14)12(3)4/h11-15H,5-10H2,1-4H3/t14?,15-/m1/s1. The molecule has 0 spiro atoms. The molecule has 0 aromatic heterocycles. The highest BCUT2D eigenvalue weighted by molar-refractivity contribution is 4.89. The highest BCUT2D eigenvalue weighted by Gasteiger charge is 2.36. The highest BCUT2D eigenvalue weighted by Crippen LogP contribution is 2.37. The Kier molecular flexibility index (Phi) is 3.94. The number of nitrogens with zero attached hydrogens (tertiary/aromatic N) is 1. The van der Waals surface area contributed by atoms with Gasteiger partial charge in [0.25, 0.3) is 0 Å². The molecule has 0 amide bonds. The van der Waals surface area contributed by atoms with Gasteiger partial charge in [-0.3, -0.25) is 0 Å². The Morgan fingerprint density at radius 1 is 0.875 bits per heavy atom. The van der Waals surface area contributed by atoms with Gasteiger partial charge in [0.2, 0.25) is 0 Å². The minimum absolute atomic E-state index is 0.857. The van der Waals surface area contributed by atoms with Crippen LogP contribution in [0.3, 0.4) is 0 Å². The lowest BCUT2D eigenvalue weighted by Gasteiger charge is -2.47. The quantitative estimate of drug-likeness (QED) is 0.703. The number of piperidine rings is 1. The van der Waals surface area contributed by atoms with Gasteiger partial charge in [0.05, 0.1) is 0 Å². The first-order valence-corrected chi connectivity index (χ1v) is 7.33. The normalized spacial score (nSPS) is 33.4. The third-order valence-corrected chi connectivity index (χ3v) is 5.05. The summed E-state index contributed by atoms with van der Waals surface area (Å²) in [6.07, 6.45) is 5.85. The van der Waals surface area contributed by atoms with Gasteiger partial charge in [0.1, 0.15) is 0 Å². The fraction of sp³-hybridized carbons (Fsp3) is 1.00. The zero-order valence-electron chi connectivity index (χ0n) is 11.6. The molecule has 2 fully saturated rings. The molecule has 0 bridgehead atoms. The number of likely N-dealkylation sites (tertiary alicyclic amines) is 1. The maximum absolute atomic E-state index is 2.80. The third kappa shape index (κ3) is 2.45. The van der Waals surface area contributed by atoms with Crippen molar-refractivity contribution in [3.63, 3.8) is 0 Å². The number of rotatable bonds is 3. The second-order valence-corrected chi connectivity index (χ2v) is 6.68. The zero-order chi connectivity index (χ0) is 11.7. The van der Waals surface area contributed by atoms with E-state index < -0.39 is 0 Å². The molecule has 0 N–H and O–H groups in total. The van der Waals surface area contributed by atoms with Crippen LogP contribution in [0.2, 0.25) is 0 Å². The molecule has 1 aliphatic heterocycles. The van der Waals surface area contributed by atoms with E-state index in [9.17, 15) is 0 Å². The van der Waals surface area contributed by atoms with Crippen LogP contribution < -0.4 is 0 Å². The molecule has 0 radical (unpaired) electrons. The monoisotopic (exact) mass is 223 g/mol. The van der Waals surface area contributed by atoms with Crippen molar-refractivity contribution in [1.29, 1.82) is 0 Å². The Hall–Kier alpha value is -0.0400. The smallest absolute Gasteiger partial charge is 0.00953 e. The first kappa shape index (κ1) is 12.4. The molecule has 1 nitrogen and oxygen atoms in total. The summed E-state index contributed by atoms with van der Waals surface area (Å²) in [6.45, 7) is 12.4. The second-order valence-electron chi connectivity index (χ2n) is 6.68. The Morgan fingerprint density at radius 2 is 1.50 bits per heavy atom. The Morgan fingerprint density at radius 3 is 1.94 bits per heavy atom. The van der Waals surface area contributed by atoms with Crippen molar-refractivity contribution in [2.75, 3.05) is 13.1 Å². The molecule has 94 valence electrons. The van der Waals surface area contributed by atoms with E-state index in [2.05, 4.69) is 32.6 Å². The average Bonchev–Trinajstić information content (AvgIpc) is 2.14. The SMILES string of the molecule is CC(C)C1CCN(C2CCC2)C[C@@H]1C(C)C. The van der Waals surface area contributed by atoms with Gasteiger partial charge in [0.15, 0.2) is 0 Å². The van der Waals surface area contributed by atoms with Crippen LogP contribution in [-0.4, -0.2) is 24.0 Å². The first-order chi connectivity index (χ1) is 7.59. The van der Waals surface area contributed by atoms with Crippen LogP contribution in [0, 0.1) is 23.7 Å². The van der Waals surface area contributed by atoms with Crippen molar-refractivity contribution in [2.24, 2.45) is 23.7 Å². The molecule has 1 saturated carbocycles. The van der Waals surface area contributed by atoms with Gasteiger partial charge in [-0.05, 0) is 49.5 Å². The molecule has 1 heteroatoms. The minimum Gasteiger partial charge on any atom is -0.300 e. The molecular formula is C15H29N. The van der Waals surface area contributed by atoms with Crippen LogP contribution in [0.4, 0.5) is 0 Å². The molecule has 1 aliphatic carbocycles. The maximum Gasteiger partial charge on any atom is 0.00953 e. The number of hydrogen-bond acceptors (Lipinski definition) is 1. The molecule has 1 unspecified atom stereocenters. The van der Waals surface area contributed by atoms with Gasteiger partial charge >= 0.3 is 0 Å². The van der Waals surface area contributed by atoms with Gasteiger partial charge in [-0.2, -0.15) is 0 Å². The first-order valence-electron chi connectivity index (χ1n) is 7.33. The predicted molar refractivity (Wildman–Crippen MR) is 70.5 cm³/mol. The lowest BCUT2D eigenvalue weighted by Crippen LogP contribution is -2.50. The van der Waals surface area contributed by atoms with Crippen molar-refractivity contribution in [3.8, 4) is 0 Å². The van der Waals surface area contributed by atoms with E-state index in [1.165, 1.54) is 38.8 Å². The third-order valence-electron chi connectivity index (χ3n) is 5.05. The molecule has 2 atom stereocenters. The Labute approximate surface area is 102 Å². The van der Waals surface area contributed by atoms with Gasteiger partial charge in [-0.15, -0.1) is 0 Å². The zero-order valence-corrected chi connectivity index (χ0v) is 11.6. The molecule has 2 rings (SSSR count). The van der Waals surface area contributed by atoms with Crippen molar-refractivity contribution < 1.29 is 0 Å². The average molecular weight is 223 g/mol. The lowest BCUT2D eigenvalue weighted by molar-refractivity contribution is 0.0150. The van der Waals surface area contributed by atoms with E-state index in [4.69, 9.17) is 0 Å². The summed E-state index contributed by atoms with van der Waals surface area (Å²) in [7, 11) is 0. The molecule has 1 saturated heterocycles. The molecule has 2 aliphatic rings. The van der Waals surface area contributed by atoms with Crippen LogP contribution in [-0.2, 0) is 0 Å². The Bertz CT molecular complexity index is 217. The summed E-state index contributed by atoms with van der Waals surface area (Å²) in [5, 5.41) is 0. The largest absolute Gasteiger partial charge is 0.300 e. The van der Waals surface area contributed by atoms with Gasteiger partial charge in [0, 0.05) is 12.6 Å². The van der Waals surface area contributed by atoms with E-state index in [1.807, 2.05) is 0 Å². The van der Waals surface area contributed by atoms with Gasteiger partial charge < -0.3 is 4.90 Å². The summed E-state index contributed by atoms with van der Waals surface area (Å²) in [4.78, 5) is 2.80. The molecule has 0 aromatic carbocycles. The summed E-state index contributed by atoms with van der Waals surface area (Å²) in [6, 6.07) is 0.953. The van der Waals surface area contributed by atoms with Crippen molar-refractivity contribution >= 4 is 0 Å². The second kappa shape index (κ2) is 5.08. The molecule has 0 aromatic rings. The summed E-state index contributed by atoms with van der Waals surface area (Å²) in [5.74, 6) is 3.64. The van der Waals surface area contributed by atoms with Crippen LogP contribution in [0.25, 0.3) is 0 Å². The fourth-order valence-electron chi connectivity index (χ4n) is 3.64. The van der Waals surface area contributed by atoms with Gasteiger partial charge in [-0.25, -0.2) is 0 Å². The van der Waals surface area contributed by atoms with Crippen LogP contribution in [0.1, 0.15) is 53.4 Å². The van der Waals surface area contributed by atoms with Crippen molar-refractivity contribution in [1.82, 2.24) is 4.90 Å². The predicted octanol–water partition coefficient (Wildman–Crippen LogP) is 3.79. The van der Waals surface area contributed by atoms with Crippen molar-refractivity contribution in [2.45, 2.75) is 59.4 Å². The van der Waals surface area contributed by atoms with Gasteiger partial charge in [-0.1, -0.05) is 34.1 Å². The van der Waals surface area contributed by atoms with Crippen LogP contribution in [0.5, 0.6) is 0 Å². The van der Waals surface area contributed by atoms with Crippen LogP contribution in [0.15, 0.2) is 0 Å². The minimum atomic E-state index is 0.857. The summed E-state index contributed by atoms with van der Waals surface area (Å²) >= 11 is 0. The lowest BCUT2D eigenvalue weighted by atomic mass is 9.72. The maximum atomic E-state index is 2.80. The van der Waals surface area contributed by atoms with E-state index in [-0.39, 0.29) is 0 Å². The number of hydrogen-bond donors (Lipinski definition) is 0. The molecule has 16 heavy (non-hydrogen) atoms. The topological polar surface area (TPSA) is 3.24 Å². The van der Waals surface area contributed by atoms with E-state index in [1.54, 1.807) is 0 Å². The fourth-order valence-corrected chi connectivity index (χ4v) is 3.64. The summed E-state index contributed by atoms with van der Waals surface area (Å²) < 4.78 is 0. The molecular weight excluding hydrogens is 194 g/mol. The van der Waals surface area contributed by atoms with E-state index in [0.29, 0.717) is 0 Å². The van der Waals surface area contributed by atoms with E-state index in [0.717, 1.165) is 29.7 Å². The highest BCUT2D eigenvalue weighted by atomic mass is 15.2.